The first-order valence-electron chi connectivity index (χ1n) is 4.02. The van der Waals surface area contributed by atoms with Crippen LogP contribution in [0.2, 0.25) is 0 Å². The molecule has 0 spiro atoms. The molecule has 0 aliphatic heterocycles. The van der Waals surface area contributed by atoms with E-state index in [0.29, 0.717) is 11.4 Å². The number of hydrogen-bond acceptors (Lipinski definition) is 5. The topological polar surface area (TPSA) is 62.1 Å². The Kier molecular flexibility index (Phi) is 4.11. The minimum atomic E-state index is -0.290. The van der Waals surface area contributed by atoms with Crippen LogP contribution in [-0.2, 0) is 16.1 Å². The van der Waals surface area contributed by atoms with Crippen molar-refractivity contribution in [1.82, 2.24) is 5.32 Å². The molecule has 0 aliphatic carbocycles. The average Bonchev–Trinajstić information content (AvgIpc) is 2.65. The molecule has 0 amide bonds. The van der Waals surface area contributed by atoms with Crippen molar-refractivity contribution < 1.29 is 9.53 Å². The number of nitrogens with zero attached hydrogens (tertiary/aromatic N) is 1. The molecular weight excluding hydrogens is 200 g/mol. The Labute approximate surface area is 86.1 Å². The fraction of sp³-hybridized carbons (Fsp3) is 0.333. The molecule has 1 heterocycles. The molecule has 1 rings (SSSR count). The number of carbonyl (C=O) groups excluding carboxylic acids is 1. The van der Waals surface area contributed by atoms with Crippen LogP contribution in [0.15, 0.2) is 12.1 Å². The molecule has 0 aromatic carbocycles. The Hall–Kier alpha value is -1.38. The van der Waals surface area contributed by atoms with Gasteiger partial charge in [0.25, 0.3) is 0 Å². The minimum Gasteiger partial charge on any atom is -0.468 e. The second-order valence-electron chi connectivity index (χ2n) is 2.56. The van der Waals surface area contributed by atoms with E-state index in [1.165, 1.54) is 18.4 Å². The van der Waals surface area contributed by atoms with Gasteiger partial charge in [0.15, 0.2) is 0 Å². The van der Waals surface area contributed by atoms with Gasteiger partial charge in [-0.25, -0.2) is 0 Å². The molecule has 0 saturated carbocycles. The fourth-order valence-corrected chi connectivity index (χ4v) is 1.67. The van der Waals surface area contributed by atoms with Gasteiger partial charge in [0.1, 0.15) is 10.9 Å². The number of nitriles is 1. The normalized spacial score (nSPS) is 9.43. The van der Waals surface area contributed by atoms with Gasteiger partial charge < -0.3 is 10.1 Å². The SMILES string of the molecule is COC(=O)CNCc1ccc(C#N)s1. The quantitative estimate of drug-likeness (QED) is 0.749. The van der Waals surface area contributed by atoms with Crippen LogP contribution in [0.1, 0.15) is 9.75 Å². The van der Waals surface area contributed by atoms with Gasteiger partial charge in [-0.1, -0.05) is 0 Å². The van der Waals surface area contributed by atoms with E-state index in [-0.39, 0.29) is 12.5 Å². The second-order valence-corrected chi connectivity index (χ2v) is 3.73. The fourth-order valence-electron chi connectivity index (χ4n) is 0.893. The minimum absolute atomic E-state index is 0.191. The molecule has 4 nitrogen and oxygen atoms in total. The zero-order valence-electron chi connectivity index (χ0n) is 7.74. The van der Waals surface area contributed by atoms with E-state index in [0.717, 1.165) is 4.88 Å². The van der Waals surface area contributed by atoms with E-state index in [1.807, 2.05) is 6.07 Å². The van der Waals surface area contributed by atoms with Crippen LogP contribution in [0.4, 0.5) is 0 Å². The average molecular weight is 210 g/mol. The highest BCUT2D eigenvalue weighted by atomic mass is 32.1. The number of thiophene rings is 1. The van der Waals surface area contributed by atoms with E-state index in [9.17, 15) is 4.79 Å². The van der Waals surface area contributed by atoms with Crippen molar-refractivity contribution in [3.8, 4) is 6.07 Å². The Morgan fingerprint density at radius 2 is 2.50 bits per heavy atom. The van der Waals surface area contributed by atoms with Crippen molar-refractivity contribution in [2.75, 3.05) is 13.7 Å². The van der Waals surface area contributed by atoms with Crippen LogP contribution in [0.5, 0.6) is 0 Å². The van der Waals surface area contributed by atoms with Crippen LogP contribution >= 0.6 is 11.3 Å². The third-order valence-corrected chi connectivity index (χ3v) is 2.56. The molecule has 0 atom stereocenters. The third kappa shape index (κ3) is 3.17. The van der Waals surface area contributed by atoms with Crippen molar-refractivity contribution in [2.24, 2.45) is 0 Å². The lowest BCUT2D eigenvalue weighted by Crippen LogP contribution is -2.22. The first-order valence-corrected chi connectivity index (χ1v) is 4.84. The summed E-state index contributed by atoms with van der Waals surface area (Å²) in [5, 5.41) is 11.5. The summed E-state index contributed by atoms with van der Waals surface area (Å²) in [4.78, 5) is 12.4. The number of carbonyl (C=O) groups is 1. The zero-order valence-corrected chi connectivity index (χ0v) is 8.56. The Bertz CT molecular complexity index is 354. The van der Waals surface area contributed by atoms with Crippen molar-refractivity contribution in [3.05, 3.63) is 21.9 Å². The molecule has 0 bridgehead atoms. The predicted octanol–water partition coefficient (Wildman–Crippen LogP) is 0.882. The lowest BCUT2D eigenvalue weighted by atomic mass is 10.4. The Morgan fingerprint density at radius 1 is 1.71 bits per heavy atom. The molecule has 1 aromatic rings. The van der Waals surface area contributed by atoms with Crippen molar-refractivity contribution in [1.29, 1.82) is 5.26 Å². The Balaban J connectivity index is 2.32. The number of hydrogen-bond donors (Lipinski definition) is 1. The molecule has 0 unspecified atom stereocenters. The highest BCUT2D eigenvalue weighted by Crippen LogP contribution is 2.14. The maximum atomic E-state index is 10.7. The smallest absolute Gasteiger partial charge is 0.319 e. The highest BCUT2D eigenvalue weighted by Gasteiger charge is 2.01. The van der Waals surface area contributed by atoms with Crippen molar-refractivity contribution in [2.45, 2.75) is 6.54 Å². The maximum absolute atomic E-state index is 10.7. The van der Waals surface area contributed by atoms with Gasteiger partial charge in [-0.2, -0.15) is 5.26 Å². The molecule has 0 aliphatic rings. The summed E-state index contributed by atoms with van der Waals surface area (Å²) in [7, 11) is 1.35. The molecule has 0 radical (unpaired) electrons. The van der Waals surface area contributed by atoms with E-state index >= 15 is 0 Å². The standard InChI is InChI=1S/C9H10N2O2S/c1-13-9(12)6-11-5-8-3-2-7(4-10)14-8/h2-3,11H,5-6H2,1H3. The largest absolute Gasteiger partial charge is 0.468 e. The van der Waals surface area contributed by atoms with Gasteiger partial charge >= 0.3 is 5.97 Å². The van der Waals surface area contributed by atoms with Gasteiger partial charge in [0.05, 0.1) is 13.7 Å². The summed E-state index contributed by atoms with van der Waals surface area (Å²) >= 11 is 1.42. The first kappa shape index (κ1) is 10.7. The number of methoxy groups -OCH3 is 1. The third-order valence-electron chi connectivity index (χ3n) is 1.57. The highest BCUT2D eigenvalue weighted by molar-refractivity contribution is 7.12. The monoisotopic (exact) mass is 210 g/mol. The van der Waals surface area contributed by atoms with E-state index in [2.05, 4.69) is 16.1 Å². The summed E-state index contributed by atoms with van der Waals surface area (Å²) in [6.45, 7) is 0.776. The van der Waals surface area contributed by atoms with Crippen LogP contribution in [0.25, 0.3) is 0 Å². The molecule has 14 heavy (non-hydrogen) atoms. The summed E-state index contributed by atoms with van der Waals surface area (Å²) < 4.78 is 4.46. The van der Waals surface area contributed by atoms with Crippen molar-refractivity contribution in [3.63, 3.8) is 0 Å². The molecule has 1 aromatic heterocycles. The molecular formula is C9H10N2O2S. The summed E-state index contributed by atoms with van der Waals surface area (Å²) in [6, 6.07) is 5.69. The Morgan fingerprint density at radius 3 is 3.07 bits per heavy atom. The lowest BCUT2D eigenvalue weighted by molar-refractivity contribution is -0.139. The van der Waals surface area contributed by atoms with Gasteiger partial charge in [-0.05, 0) is 12.1 Å². The molecule has 74 valence electrons. The van der Waals surface area contributed by atoms with Crippen molar-refractivity contribution >= 4 is 17.3 Å². The van der Waals surface area contributed by atoms with Crippen LogP contribution in [0.3, 0.4) is 0 Å². The van der Waals surface area contributed by atoms with Gasteiger partial charge in [0, 0.05) is 11.4 Å². The molecule has 5 heteroatoms. The van der Waals surface area contributed by atoms with E-state index in [1.54, 1.807) is 6.07 Å². The van der Waals surface area contributed by atoms with Crippen LogP contribution < -0.4 is 5.32 Å². The number of rotatable bonds is 4. The number of esters is 1. The number of nitrogens with one attached hydrogen (secondary N) is 1. The van der Waals surface area contributed by atoms with E-state index in [4.69, 9.17) is 5.26 Å². The van der Waals surface area contributed by atoms with Crippen LogP contribution in [0, 0.1) is 11.3 Å². The molecule has 0 saturated heterocycles. The summed E-state index contributed by atoms with van der Waals surface area (Å²) in [5.74, 6) is -0.290. The lowest BCUT2D eigenvalue weighted by Gasteiger charge is -2.00. The first-order chi connectivity index (χ1) is 6.76. The summed E-state index contributed by atoms with van der Waals surface area (Å²) in [5.41, 5.74) is 0. The maximum Gasteiger partial charge on any atom is 0.319 e. The van der Waals surface area contributed by atoms with E-state index < -0.39 is 0 Å². The second kappa shape index (κ2) is 5.37. The molecule has 0 fully saturated rings. The zero-order chi connectivity index (χ0) is 10.4. The number of ether oxygens (including phenoxy) is 1. The van der Waals surface area contributed by atoms with Gasteiger partial charge in [-0.15, -0.1) is 11.3 Å². The van der Waals surface area contributed by atoms with Crippen LogP contribution in [-0.4, -0.2) is 19.6 Å². The van der Waals surface area contributed by atoms with Gasteiger partial charge in [0.2, 0.25) is 0 Å². The van der Waals surface area contributed by atoms with Gasteiger partial charge in [-0.3, -0.25) is 4.79 Å². The molecule has 1 N–H and O–H groups in total. The summed E-state index contributed by atoms with van der Waals surface area (Å²) in [6.07, 6.45) is 0. The predicted molar refractivity (Wildman–Crippen MR) is 52.8 cm³/mol.